The van der Waals surface area contributed by atoms with Gasteiger partial charge in [-0.2, -0.15) is 0 Å². The zero-order valence-corrected chi connectivity index (χ0v) is 8.35. The van der Waals surface area contributed by atoms with Crippen molar-refractivity contribution in [1.29, 1.82) is 0 Å². The number of aromatic nitrogens is 1. The number of pyridine rings is 1. The summed E-state index contributed by atoms with van der Waals surface area (Å²) in [6, 6.07) is 10.4. The maximum Gasteiger partial charge on any atom is 0.114 e. The number of hydrogen-bond acceptors (Lipinski definition) is 1. The Labute approximate surface area is 83.5 Å². The molecule has 3 heteroatoms. The summed E-state index contributed by atoms with van der Waals surface area (Å²) in [5.41, 5.74) is 0.921. The van der Waals surface area contributed by atoms with Crippen LogP contribution < -0.4 is 0 Å². The van der Waals surface area contributed by atoms with Gasteiger partial charge < -0.3 is 0 Å². The van der Waals surface area contributed by atoms with Crippen LogP contribution in [0.25, 0.3) is 10.9 Å². The van der Waals surface area contributed by atoms with Crippen LogP contribution in [0.4, 0.5) is 0 Å². The van der Waals surface area contributed by atoms with Crippen molar-refractivity contribution in [2.75, 3.05) is 0 Å². The Hall–Kier alpha value is -0.600. The van der Waals surface area contributed by atoms with Crippen LogP contribution in [0.15, 0.2) is 28.9 Å². The van der Waals surface area contributed by atoms with E-state index in [0.717, 1.165) is 20.5 Å². The summed E-state index contributed by atoms with van der Waals surface area (Å²) in [6.07, 6.45) is 0. The second kappa shape index (κ2) is 3.04. The SMILES string of the molecule is Clc1ccc2nc(Br)[c]cc2c1. The highest BCUT2D eigenvalue weighted by atomic mass is 79.9. The Bertz CT molecular complexity index is 387. The molecule has 1 heterocycles. The van der Waals surface area contributed by atoms with Crippen LogP contribution in [0.3, 0.4) is 0 Å². The van der Waals surface area contributed by atoms with Gasteiger partial charge in [-0.3, -0.25) is 0 Å². The van der Waals surface area contributed by atoms with Crippen LogP contribution >= 0.6 is 27.5 Å². The molecule has 1 radical (unpaired) electrons. The van der Waals surface area contributed by atoms with Gasteiger partial charge in [-0.25, -0.2) is 4.98 Å². The first-order valence-electron chi connectivity index (χ1n) is 3.39. The summed E-state index contributed by atoms with van der Waals surface area (Å²) >= 11 is 9.06. The van der Waals surface area contributed by atoms with E-state index in [9.17, 15) is 0 Å². The zero-order valence-electron chi connectivity index (χ0n) is 6.01. The van der Waals surface area contributed by atoms with Gasteiger partial charge in [0, 0.05) is 16.5 Å². The standard InChI is InChI=1S/C9H4BrClN/c10-9-4-1-6-5-7(11)2-3-8(6)12-9/h1-3,5H. The molecule has 1 nitrogen and oxygen atoms in total. The number of nitrogens with zero attached hydrogens (tertiary/aromatic N) is 1. The minimum absolute atomic E-state index is 0.720. The van der Waals surface area contributed by atoms with E-state index in [1.54, 1.807) is 0 Å². The molecule has 0 N–H and O–H groups in total. The number of benzene rings is 1. The zero-order chi connectivity index (χ0) is 8.55. The predicted molar refractivity (Wildman–Crippen MR) is 53.3 cm³/mol. The van der Waals surface area contributed by atoms with Crippen LogP contribution in [0.2, 0.25) is 5.02 Å². The Morgan fingerprint density at radius 3 is 3.08 bits per heavy atom. The van der Waals surface area contributed by atoms with Gasteiger partial charge in [0.25, 0.3) is 0 Å². The summed E-state index contributed by atoms with van der Waals surface area (Å²) in [4.78, 5) is 4.22. The van der Waals surface area contributed by atoms with E-state index >= 15 is 0 Å². The molecule has 0 saturated heterocycles. The normalized spacial score (nSPS) is 10.5. The van der Waals surface area contributed by atoms with Gasteiger partial charge in [0.15, 0.2) is 0 Å². The third-order valence-electron chi connectivity index (χ3n) is 1.55. The molecule has 1 aromatic carbocycles. The van der Waals surface area contributed by atoms with Crippen molar-refractivity contribution in [3.63, 3.8) is 0 Å². The number of halogens is 2. The summed E-state index contributed by atoms with van der Waals surface area (Å²) in [5.74, 6) is 0. The molecule has 1 aromatic heterocycles. The van der Waals surface area contributed by atoms with Gasteiger partial charge in [-0.05, 0) is 40.2 Å². The number of hydrogen-bond donors (Lipinski definition) is 0. The summed E-state index contributed by atoms with van der Waals surface area (Å²) in [6.45, 7) is 0. The molecule has 59 valence electrons. The van der Waals surface area contributed by atoms with Gasteiger partial charge in [0.2, 0.25) is 0 Å². The Balaban J connectivity index is 2.79. The van der Waals surface area contributed by atoms with Crippen LogP contribution in [0.5, 0.6) is 0 Å². The van der Waals surface area contributed by atoms with Crippen LogP contribution in [-0.4, -0.2) is 4.98 Å². The second-order valence-electron chi connectivity index (χ2n) is 2.39. The summed E-state index contributed by atoms with van der Waals surface area (Å²) in [7, 11) is 0. The minimum Gasteiger partial charge on any atom is -0.240 e. The van der Waals surface area contributed by atoms with Crippen LogP contribution in [0, 0.1) is 6.07 Å². The van der Waals surface area contributed by atoms with Gasteiger partial charge >= 0.3 is 0 Å². The van der Waals surface area contributed by atoms with Crippen LogP contribution in [-0.2, 0) is 0 Å². The van der Waals surface area contributed by atoms with Crippen molar-refractivity contribution >= 4 is 38.4 Å². The first-order chi connectivity index (χ1) is 5.75. The van der Waals surface area contributed by atoms with Crippen molar-refractivity contribution in [3.05, 3.63) is 40.0 Å². The summed E-state index contributed by atoms with van der Waals surface area (Å²) in [5, 5.41) is 1.73. The highest BCUT2D eigenvalue weighted by Gasteiger charge is 1.96. The molecule has 0 atom stereocenters. The molecule has 0 aliphatic heterocycles. The van der Waals surface area contributed by atoms with E-state index < -0.39 is 0 Å². The average molecular weight is 241 g/mol. The lowest BCUT2D eigenvalue weighted by Gasteiger charge is -1.96. The fraction of sp³-hybridized carbons (Fsp3) is 0. The Morgan fingerprint density at radius 2 is 2.25 bits per heavy atom. The molecular weight excluding hydrogens is 237 g/mol. The maximum absolute atomic E-state index is 5.81. The quantitative estimate of drug-likeness (QED) is 0.644. The molecule has 0 aliphatic carbocycles. The molecule has 0 unspecified atom stereocenters. The van der Waals surface area contributed by atoms with Crippen LogP contribution in [0.1, 0.15) is 0 Å². The second-order valence-corrected chi connectivity index (χ2v) is 3.58. The predicted octanol–water partition coefficient (Wildman–Crippen LogP) is 3.45. The fourth-order valence-corrected chi connectivity index (χ4v) is 1.50. The third kappa shape index (κ3) is 1.45. The van der Waals surface area contributed by atoms with E-state index in [2.05, 4.69) is 27.0 Å². The van der Waals surface area contributed by atoms with Gasteiger partial charge in [-0.1, -0.05) is 11.6 Å². The number of rotatable bonds is 0. The van der Waals surface area contributed by atoms with Crippen molar-refractivity contribution in [1.82, 2.24) is 4.98 Å². The topological polar surface area (TPSA) is 12.9 Å². The van der Waals surface area contributed by atoms with Crippen molar-refractivity contribution in [2.45, 2.75) is 0 Å². The van der Waals surface area contributed by atoms with Crippen molar-refractivity contribution in [2.24, 2.45) is 0 Å². The molecule has 0 aliphatic rings. The van der Waals surface area contributed by atoms with E-state index in [1.165, 1.54) is 0 Å². The first kappa shape index (κ1) is 8.02. The molecule has 0 amide bonds. The van der Waals surface area contributed by atoms with E-state index in [0.29, 0.717) is 0 Å². The monoisotopic (exact) mass is 240 g/mol. The van der Waals surface area contributed by atoms with Gasteiger partial charge in [0.05, 0.1) is 5.52 Å². The third-order valence-corrected chi connectivity index (χ3v) is 2.20. The molecular formula is C9H4BrClN. The molecule has 12 heavy (non-hydrogen) atoms. The smallest absolute Gasteiger partial charge is 0.114 e. The largest absolute Gasteiger partial charge is 0.240 e. The Kier molecular flexibility index (Phi) is 2.03. The summed E-state index contributed by atoms with van der Waals surface area (Å²) < 4.78 is 0.720. The Morgan fingerprint density at radius 1 is 1.42 bits per heavy atom. The lowest BCUT2D eigenvalue weighted by Crippen LogP contribution is -1.79. The van der Waals surface area contributed by atoms with Crippen molar-refractivity contribution in [3.8, 4) is 0 Å². The van der Waals surface area contributed by atoms with E-state index in [4.69, 9.17) is 11.6 Å². The lowest BCUT2D eigenvalue weighted by molar-refractivity contribution is 1.35. The molecule has 0 spiro atoms. The molecule has 2 rings (SSSR count). The average Bonchev–Trinajstić information content (AvgIpc) is 2.05. The maximum atomic E-state index is 5.81. The number of fused-ring (bicyclic) bond motifs is 1. The molecule has 0 bridgehead atoms. The molecule has 0 saturated carbocycles. The lowest BCUT2D eigenvalue weighted by atomic mass is 10.2. The molecule has 0 fully saturated rings. The highest BCUT2D eigenvalue weighted by molar-refractivity contribution is 9.10. The highest BCUT2D eigenvalue weighted by Crippen LogP contribution is 2.19. The first-order valence-corrected chi connectivity index (χ1v) is 4.56. The van der Waals surface area contributed by atoms with Gasteiger partial charge in [0.1, 0.15) is 4.60 Å². The van der Waals surface area contributed by atoms with E-state index in [1.807, 2.05) is 24.3 Å². The molecule has 2 aromatic rings. The van der Waals surface area contributed by atoms with Crippen molar-refractivity contribution < 1.29 is 0 Å². The fourth-order valence-electron chi connectivity index (χ4n) is 1.02. The van der Waals surface area contributed by atoms with Gasteiger partial charge in [-0.15, -0.1) is 0 Å². The minimum atomic E-state index is 0.720. The van der Waals surface area contributed by atoms with E-state index in [-0.39, 0.29) is 0 Å².